The minimum absolute atomic E-state index is 0.290. The van der Waals surface area contributed by atoms with Gasteiger partial charge in [0.1, 0.15) is 11.8 Å². The van der Waals surface area contributed by atoms with E-state index in [4.69, 9.17) is 9.84 Å². The van der Waals surface area contributed by atoms with Crippen molar-refractivity contribution in [1.29, 1.82) is 0 Å². The van der Waals surface area contributed by atoms with Gasteiger partial charge in [0.2, 0.25) is 0 Å². The lowest BCUT2D eigenvalue weighted by molar-refractivity contribution is -0.175. The third-order valence-electron chi connectivity index (χ3n) is 3.46. The lowest BCUT2D eigenvalue weighted by Crippen LogP contribution is -2.47. The number of aliphatic carboxylic acids is 1. The van der Waals surface area contributed by atoms with E-state index in [1.165, 1.54) is 12.4 Å². The summed E-state index contributed by atoms with van der Waals surface area (Å²) >= 11 is 0. The van der Waals surface area contributed by atoms with Crippen LogP contribution in [0.4, 0.5) is 13.2 Å². The number of carboxylic acids is 1. The van der Waals surface area contributed by atoms with Crippen molar-refractivity contribution >= 4 is 22.6 Å². The minimum Gasteiger partial charge on any atom is -0.497 e. The molecule has 8 heteroatoms. The van der Waals surface area contributed by atoms with Crippen LogP contribution >= 0.6 is 0 Å². The molecule has 0 unspecified atom stereocenters. The Morgan fingerprint density at radius 1 is 1.25 bits per heavy atom. The lowest BCUT2D eigenvalue weighted by Gasteiger charge is -2.17. The molecule has 5 nitrogen and oxygen atoms in total. The van der Waals surface area contributed by atoms with E-state index in [0.29, 0.717) is 16.7 Å². The number of rotatable bonds is 5. The third-order valence-corrected chi connectivity index (χ3v) is 3.46. The van der Waals surface area contributed by atoms with Crippen LogP contribution in [0.1, 0.15) is 5.56 Å². The molecular formula is C16H14F3NO4. The Bertz CT molecular complexity index is 773. The predicted molar refractivity (Wildman–Crippen MR) is 79.8 cm³/mol. The molecule has 1 atom stereocenters. The van der Waals surface area contributed by atoms with Gasteiger partial charge >= 0.3 is 18.1 Å². The summed E-state index contributed by atoms with van der Waals surface area (Å²) in [7, 11) is 1.47. The topological polar surface area (TPSA) is 75.6 Å². The Balaban J connectivity index is 2.34. The van der Waals surface area contributed by atoms with Crippen molar-refractivity contribution in [1.82, 2.24) is 5.32 Å². The lowest BCUT2D eigenvalue weighted by atomic mass is 9.98. The Kier molecular flexibility index (Phi) is 4.96. The molecule has 0 fully saturated rings. The molecular weight excluding hydrogens is 327 g/mol. The maximum atomic E-state index is 12.3. The first-order valence-electron chi connectivity index (χ1n) is 6.88. The van der Waals surface area contributed by atoms with E-state index >= 15 is 0 Å². The number of nitrogens with one attached hydrogen (secondary N) is 1. The van der Waals surface area contributed by atoms with E-state index < -0.39 is 24.1 Å². The van der Waals surface area contributed by atoms with Gasteiger partial charge in [0.15, 0.2) is 0 Å². The van der Waals surface area contributed by atoms with Crippen LogP contribution in [0.15, 0.2) is 36.4 Å². The van der Waals surface area contributed by atoms with Crippen molar-refractivity contribution in [3.8, 4) is 5.75 Å². The number of fused-ring (bicyclic) bond motifs is 1. The molecule has 0 aromatic heterocycles. The highest BCUT2D eigenvalue weighted by Gasteiger charge is 2.40. The van der Waals surface area contributed by atoms with Gasteiger partial charge < -0.3 is 15.2 Å². The zero-order chi connectivity index (χ0) is 17.9. The second-order valence-corrected chi connectivity index (χ2v) is 5.07. The molecule has 2 N–H and O–H groups in total. The van der Waals surface area contributed by atoms with E-state index in [9.17, 15) is 22.8 Å². The van der Waals surface area contributed by atoms with Gasteiger partial charge in [0, 0.05) is 6.42 Å². The molecule has 0 heterocycles. The number of alkyl halides is 3. The summed E-state index contributed by atoms with van der Waals surface area (Å²) in [5.41, 5.74) is 0.487. The zero-order valence-electron chi connectivity index (χ0n) is 12.6. The molecule has 0 spiro atoms. The highest BCUT2D eigenvalue weighted by Crippen LogP contribution is 2.25. The fourth-order valence-electron chi connectivity index (χ4n) is 2.28. The van der Waals surface area contributed by atoms with Crippen LogP contribution in [-0.2, 0) is 16.0 Å². The normalized spacial score (nSPS) is 12.7. The summed E-state index contributed by atoms with van der Waals surface area (Å²) < 4.78 is 42.1. The summed E-state index contributed by atoms with van der Waals surface area (Å²) in [6.07, 6.45) is -5.43. The smallest absolute Gasteiger partial charge is 0.471 e. The van der Waals surface area contributed by atoms with Gasteiger partial charge in [-0.15, -0.1) is 0 Å². The summed E-state index contributed by atoms with van der Waals surface area (Å²) in [6.45, 7) is 0. The average molecular weight is 341 g/mol. The Labute approximate surface area is 135 Å². The van der Waals surface area contributed by atoms with Crippen LogP contribution in [0.5, 0.6) is 5.75 Å². The van der Waals surface area contributed by atoms with Gasteiger partial charge in [-0.2, -0.15) is 13.2 Å². The molecule has 2 aromatic rings. The Morgan fingerprint density at radius 3 is 2.54 bits per heavy atom. The van der Waals surface area contributed by atoms with Gasteiger partial charge in [-0.1, -0.05) is 24.3 Å². The average Bonchev–Trinajstić information content (AvgIpc) is 2.52. The number of methoxy groups -OCH3 is 1. The first-order valence-corrected chi connectivity index (χ1v) is 6.88. The molecule has 0 bridgehead atoms. The monoisotopic (exact) mass is 341 g/mol. The molecule has 0 aliphatic carbocycles. The van der Waals surface area contributed by atoms with Crippen molar-refractivity contribution < 1.29 is 32.6 Å². The van der Waals surface area contributed by atoms with E-state index in [-0.39, 0.29) is 6.42 Å². The van der Waals surface area contributed by atoms with Crippen molar-refractivity contribution in [3.63, 3.8) is 0 Å². The molecule has 0 aliphatic heterocycles. The number of hydrogen-bond donors (Lipinski definition) is 2. The van der Waals surface area contributed by atoms with Crippen LogP contribution in [0.2, 0.25) is 0 Å². The van der Waals surface area contributed by atoms with Crippen molar-refractivity contribution in [2.45, 2.75) is 18.6 Å². The maximum absolute atomic E-state index is 12.3. The van der Waals surface area contributed by atoms with Crippen molar-refractivity contribution in [2.24, 2.45) is 0 Å². The second-order valence-electron chi connectivity index (χ2n) is 5.07. The SMILES string of the molecule is COc1ccc2cccc(C[C@H](NC(=O)C(F)(F)F)C(=O)O)c2c1. The van der Waals surface area contributed by atoms with E-state index in [1.54, 1.807) is 36.4 Å². The highest BCUT2D eigenvalue weighted by atomic mass is 19.4. The Morgan fingerprint density at radius 2 is 1.96 bits per heavy atom. The summed E-state index contributed by atoms with van der Waals surface area (Å²) in [6, 6.07) is 8.47. The number of ether oxygens (including phenoxy) is 1. The largest absolute Gasteiger partial charge is 0.497 e. The van der Waals surface area contributed by atoms with Crippen LogP contribution in [-0.4, -0.2) is 36.3 Å². The number of hydrogen-bond acceptors (Lipinski definition) is 3. The van der Waals surface area contributed by atoms with Crippen molar-refractivity contribution in [3.05, 3.63) is 42.0 Å². The Hall–Kier alpha value is -2.77. The van der Waals surface area contributed by atoms with Gasteiger partial charge in [0.05, 0.1) is 7.11 Å². The fourth-order valence-corrected chi connectivity index (χ4v) is 2.28. The first kappa shape index (κ1) is 17.6. The van der Waals surface area contributed by atoms with Gasteiger partial charge in [-0.25, -0.2) is 4.79 Å². The van der Waals surface area contributed by atoms with E-state index in [0.717, 1.165) is 5.39 Å². The van der Waals surface area contributed by atoms with Gasteiger partial charge in [-0.05, 0) is 28.5 Å². The number of halogens is 3. The molecule has 24 heavy (non-hydrogen) atoms. The third kappa shape index (κ3) is 3.95. The van der Waals surface area contributed by atoms with Crippen LogP contribution in [0.3, 0.4) is 0 Å². The minimum atomic E-state index is -5.14. The first-order chi connectivity index (χ1) is 11.2. The maximum Gasteiger partial charge on any atom is 0.471 e. The van der Waals surface area contributed by atoms with E-state index in [1.807, 2.05) is 0 Å². The zero-order valence-corrected chi connectivity index (χ0v) is 12.6. The number of carbonyl (C=O) groups is 2. The summed E-state index contributed by atoms with van der Waals surface area (Å²) in [5, 5.41) is 12.0. The highest BCUT2D eigenvalue weighted by molar-refractivity contribution is 5.89. The summed E-state index contributed by atoms with van der Waals surface area (Å²) in [4.78, 5) is 22.2. The molecule has 2 aromatic carbocycles. The standard InChI is InChI=1S/C16H14F3NO4/c1-24-11-6-5-9-3-2-4-10(12(9)8-11)7-13(14(21)22)20-15(23)16(17,18)19/h2-6,8,13H,7H2,1H3,(H,20,23)(H,21,22)/t13-/m0/s1. The number of benzene rings is 2. The molecule has 1 amide bonds. The van der Waals surface area contributed by atoms with Crippen LogP contribution in [0.25, 0.3) is 10.8 Å². The van der Waals surface area contributed by atoms with Gasteiger partial charge in [-0.3, -0.25) is 4.79 Å². The number of carboxylic acid groups (broad SMARTS) is 1. The number of carbonyl (C=O) groups excluding carboxylic acids is 1. The molecule has 0 radical (unpaired) electrons. The van der Waals surface area contributed by atoms with E-state index in [2.05, 4.69) is 0 Å². The number of amides is 1. The molecule has 0 saturated carbocycles. The van der Waals surface area contributed by atoms with Crippen LogP contribution in [0, 0.1) is 0 Å². The molecule has 128 valence electrons. The quantitative estimate of drug-likeness (QED) is 0.876. The predicted octanol–water partition coefficient (Wildman–Crippen LogP) is 2.52. The molecule has 0 aliphatic rings. The van der Waals surface area contributed by atoms with Crippen molar-refractivity contribution in [2.75, 3.05) is 7.11 Å². The molecule has 2 rings (SSSR count). The summed E-state index contributed by atoms with van der Waals surface area (Å²) in [5.74, 6) is -3.30. The van der Waals surface area contributed by atoms with Crippen LogP contribution < -0.4 is 10.1 Å². The second kappa shape index (κ2) is 6.77. The molecule has 0 saturated heterocycles. The fraction of sp³-hybridized carbons (Fsp3) is 0.250. The van der Waals surface area contributed by atoms with Gasteiger partial charge in [0.25, 0.3) is 0 Å².